The van der Waals surface area contributed by atoms with Crippen molar-refractivity contribution in [2.45, 2.75) is 215 Å². The van der Waals surface area contributed by atoms with Gasteiger partial charge in [0.25, 0.3) is 0 Å². The van der Waals surface area contributed by atoms with Gasteiger partial charge in [-0.3, -0.25) is 4.79 Å². The number of unbranched alkanes of at least 4 members (excludes halogenated alkanes) is 11. The van der Waals surface area contributed by atoms with Crippen LogP contribution in [-0.2, 0) is 9.53 Å². The molecule has 0 N–H and O–H groups in total. The van der Waals surface area contributed by atoms with Gasteiger partial charge in [0, 0.05) is 6.42 Å². The van der Waals surface area contributed by atoms with Gasteiger partial charge in [0.1, 0.15) is 6.10 Å². The normalized spacial score (nSPS) is 34.3. The molecule has 9 atom stereocenters. The van der Waals surface area contributed by atoms with Crippen molar-refractivity contribution < 1.29 is 9.53 Å². The van der Waals surface area contributed by atoms with E-state index in [9.17, 15) is 4.79 Å². The number of ether oxygens (including phenoxy) is 1. The average molecular weight is 653 g/mol. The lowest BCUT2D eigenvalue weighted by molar-refractivity contribution is -0.162. The molecule has 47 heavy (non-hydrogen) atoms. The van der Waals surface area contributed by atoms with Crippen molar-refractivity contribution in [2.24, 2.45) is 52.3 Å². The van der Waals surface area contributed by atoms with Crippen molar-refractivity contribution in [1.29, 1.82) is 0 Å². The number of carbonyl (C=O) groups is 1. The highest BCUT2D eigenvalue weighted by atomic mass is 16.5. The largest absolute Gasteiger partial charge is 0.462 e. The maximum absolute atomic E-state index is 12.8. The molecule has 2 heteroatoms. The first kappa shape index (κ1) is 39.0. The van der Waals surface area contributed by atoms with Crippen LogP contribution in [0.5, 0.6) is 0 Å². The lowest BCUT2D eigenvalue weighted by atomic mass is 9.44. The van der Waals surface area contributed by atoms with Crippen molar-refractivity contribution in [2.75, 3.05) is 0 Å². The van der Waals surface area contributed by atoms with Crippen LogP contribution < -0.4 is 0 Å². The van der Waals surface area contributed by atoms with Gasteiger partial charge in [0.15, 0.2) is 0 Å². The first-order chi connectivity index (χ1) is 22.7. The molecule has 0 aromatic carbocycles. The van der Waals surface area contributed by atoms with E-state index in [-0.39, 0.29) is 12.1 Å². The van der Waals surface area contributed by atoms with Crippen LogP contribution in [0, 0.1) is 52.3 Å². The van der Waals surface area contributed by atoms with Gasteiger partial charge in [-0.25, -0.2) is 0 Å². The van der Waals surface area contributed by atoms with E-state index >= 15 is 0 Å². The van der Waals surface area contributed by atoms with Crippen LogP contribution in [0.4, 0.5) is 0 Å². The van der Waals surface area contributed by atoms with Crippen molar-refractivity contribution in [3.8, 4) is 0 Å². The monoisotopic (exact) mass is 653 g/mol. The van der Waals surface area contributed by atoms with E-state index in [1.165, 1.54) is 141 Å². The Bertz CT molecular complexity index is 921. The molecule has 2 nitrogen and oxygen atoms in total. The van der Waals surface area contributed by atoms with Crippen LogP contribution in [0.1, 0.15) is 208 Å². The second-order valence-corrected chi connectivity index (χ2v) is 18.4. The molecule has 0 amide bonds. The number of hydrogen-bond donors (Lipinski definition) is 0. The molecule has 4 saturated carbocycles. The topological polar surface area (TPSA) is 26.3 Å². The first-order valence-electron chi connectivity index (χ1n) is 21.5. The van der Waals surface area contributed by atoms with Crippen LogP contribution in [0.2, 0.25) is 0 Å². The predicted molar refractivity (Wildman–Crippen MR) is 202 cm³/mol. The van der Waals surface area contributed by atoms with Crippen LogP contribution in [0.15, 0.2) is 12.2 Å². The Balaban J connectivity index is 1.10. The third kappa shape index (κ3) is 10.8. The van der Waals surface area contributed by atoms with Crippen LogP contribution in [0.25, 0.3) is 0 Å². The van der Waals surface area contributed by atoms with Gasteiger partial charge in [-0.05, 0) is 142 Å². The Morgan fingerprint density at radius 3 is 2.04 bits per heavy atom. The van der Waals surface area contributed by atoms with Gasteiger partial charge in [0.2, 0.25) is 0 Å². The van der Waals surface area contributed by atoms with E-state index in [1.807, 2.05) is 0 Å². The summed E-state index contributed by atoms with van der Waals surface area (Å²) < 4.78 is 6.17. The van der Waals surface area contributed by atoms with Crippen molar-refractivity contribution >= 4 is 5.97 Å². The summed E-state index contributed by atoms with van der Waals surface area (Å²) in [5.41, 5.74) is 1.05. The molecule has 0 saturated heterocycles. The van der Waals surface area contributed by atoms with E-state index in [2.05, 4.69) is 53.7 Å². The molecule has 0 heterocycles. The fourth-order valence-electron chi connectivity index (χ4n) is 11.9. The summed E-state index contributed by atoms with van der Waals surface area (Å²) in [6, 6.07) is 0. The Hall–Kier alpha value is -0.790. The smallest absolute Gasteiger partial charge is 0.306 e. The molecule has 4 aliphatic carbocycles. The predicted octanol–water partition coefficient (Wildman–Crippen LogP) is 14.1. The summed E-state index contributed by atoms with van der Waals surface area (Å²) in [7, 11) is 0. The molecule has 272 valence electrons. The summed E-state index contributed by atoms with van der Waals surface area (Å²) in [6.07, 6.45) is 38.9. The van der Waals surface area contributed by atoms with Crippen molar-refractivity contribution in [1.82, 2.24) is 0 Å². The number of fused-ring (bicyclic) bond motifs is 5. The quantitative estimate of drug-likeness (QED) is 0.0700. The lowest BCUT2D eigenvalue weighted by Crippen LogP contribution is -2.54. The van der Waals surface area contributed by atoms with Gasteiger partial charge < -0.3 is 4.74 Å². The maximum atomic E-state index is 12.8. The zero-order chi connectivity index (χ0) is 33.7. The fraction of sp³-hybridized carbons (Fsp3) is 0.933. The van der Waals surface area contributed by atoms with Crippen molar-refractivity contribution in [3.05, 3.63) is 12.2 Å². The summed E-state index contributed by atoms with van der Waals surface area (Å²) in [6.45, 7) is 15.0. The highest BCUT2D eigenvalue weighted by Crippen LogP contribution is 2.68. The van der Waals surface area contributed by atoms with Crippen molar-refractivity contribution in [3.63, 3.8) is 0 Å². The maximum Gasteiger partial charge on any atom is 0.306 e. The summed E-state index contributed by atoms with van der Waals surface area (Å²) in [5.74, 6) is 6.33. The van der Waals surface area contributed by atoms with E-state index in [4.69, 9.17) is 4.74 Å². The van der Waals surface area contributed by atoms with E-state index < -0.39 is 0 Å². The van der Waals surface area contributed by atoms with Crippen LogP contribution >= 0.6 is 0 Å². The van der Waals surface area contributed by atoms with Gasteiger partial charge in [-0.15, -0.1) is 0 Å². The summed E-state index contributed by atoms with van der Waals surface area (Å²) >= 11 is 0. The Morgan fingerprint density at radius 1 is 0.702 bits per heavy atom. The minimum Gasteiger partial charge on any atom is -0.462 e. The van der Waals surface area contributed by atoms with Gasteiger partial charge in [-0.2, -0.15) is 0 Å². The molecule has 0 aliphatic heterocycles. The number of carbonyl (C=O) groups excluding carboxylic acids is 1. The molecule has 0 spiro atoms. The second kappa shape index (κ2) is 19.6. The van der Waals surface area contributed by atoms with Gasteiger partial charge >= 0.3 is 5.97 Å². The summed E-state index contributed by atoms with van der Waals surface area (Å²) in [4.78, 5) is 12.8. The third-order valence-corrected chi connectivity index (χ3v) is 14.8. The fourth-order valence-corrected chi connectivity index (χ4v) is 11.9. The van der Waals surface area contributed by atoms with E-state index in [0.29, 0.717) is 17.3 Å². The second-order valence-electron chi connectivity index (χ2n) is 18.4. The van der Waals surface area contributed by atoms with E-state index in [0.717, 1.165) is 60.7 Å². The zero-order valence-electron chi connectivity index (χ0n) is 32.5. The summed E-state index contributed by atoms with van der Waals surface area (Å²) in [5, 5.41) is 0. The Morgan fingerprint density at radius 2 is 1.34 bits per heavy atom. The molecule has 2 unspecified atom stereocenters. The molecule has 4 aliphatic rings. The number of rotatable bonds is 21. The molecule has 0 aromatic heterocycles. The molecule has 4 rings (SSSR count). The third-order valence-electron chi connectivity index (χ3n) is 14.8. The SMILES string of the molecule is CCCCCCCCC=CCCCCCCCC(=O)OC1CC[C@@]2(C)C(CC[C@H]3[C@@H]4CC[C@H]([C@H](C)CCCC(C)C)[C@@]4(C)CC[C@@H]32)C1. The van der Waals surface area contributed by atoms with E-state index in [1.54, 1.807) is 0 Å². The molecule has 0 aromatic rings. The molecular weight excluding hydrogens is 572 g/mol. The highest BCUT2D eigenvalue weighted by Gasteiger charge is 2.60. The highest BCUT2D eigenvalue weighted by molar-refractivity contribution is 5.69. The molecule has 0 radical (unpaired) electrons. The van der Waals surface area contributed by atoms with Gasteiger partial charge in [-0.1, -0.05) is 124 Å². The number of hydrogen-bond acceptors (Lipinski definition) is 2. The molecular formula is C45H80O2. The lowest BCUT2D eigenvalue weighted by Gasteiger charge is -2.61. The average Bonchev–Trinajstić information content (AvgIpc) is 3.40. The number of esters is 1. The Kier molecular flexibility index (Phi) is 16.2. The minimum absolute atomic E-state index is 0.0814. The molecule has 4 fully saturated rings. The van der Waals surface area contributed by atoms with Crippen LogP contribution in [-0.4, -0.2) is 12.1 Å². The number of allylic oxidation sites excluding steroid dienone is 2. The Labute approximate surface area is 293 Å². The standard InChI is InChI=1S/C45H80O2/c1-7-8-9-10-11-12-13-14-15-16-17-18-19-20-21-25-43(46)47-38-30-32-44(5)37(34-38)26-27-39-41-29-28-40(36(4)24-22-23-35(2)3)45(41,6)33-31-42(39)44/h14-15,35-42H,7-13,16-34H2,1-6H3/t36-,37?,38?,39+,40-,41+,42+,44+,45-/m1/s1. The van der Waals surface area contributed by atoms with Crippen LogP contribution in [0.3, 0.4) is 0 Å². The zero-order valence-corrected chi connectivity index (χ0v) is 32.5. The molecule has 0 bridgehead atoms. The van der Waals surface area contributed by atoms with Gasteiger partial charge in [0.05, 0.1) is 0 Å². The minimum atomic E-state index is 0.0814. The first-order valence-corrected chi connectivity index (χ1v) is 21.5.